The van der Waals surface area contributed by atoms with E-state index in [9.17, 15) is 9.59 Å². The zero-order chi connectivity index (χ0) is 15.9. The van der Waals surface area contributed by atoms with Crippen molar-refractivity contribution in [2.75, 3.05) is 19.7 Å². The molecule has 1 fully saturated rings. The van der Waals surface area contributed by atoms with Crippen molar-refractivity contribution in [2.24, 2.45) is 0 Å². The molecule has 1 atom stereocenters. The van der Waals surface area contributed by atoms with Crippen LogP contribution < -0.4 is 0 Å². The third-order valence-electron chi connectivity index (χ3n) is 3.92. The third-order valence-corrected chi connectivity index (χ3v) is 3.92. The number of carboxylic acids is 1. The van der Waals surface area contributed by atoms with Crippen LogP contribution in [0.15, 0.2) is 24.3 Å². The maximum Gasteiger partial charge on any atom is 0.334 e. The van der Waals surface area contributed by atoms with Gasteiger partial charge in [0.15, 0.2) is 6.10 Å². The number of ether oxygens (including phenoxy) is 1. The fourth-order valence-electron chi connectivity index (χ4n) is 2.54. The Bertz CT molecular complexity index is 512. The van der Waals surface area contributed by atoms with Gasteiger partial charge in [-0.3, -0.25) is 4.79 Å². The summed E-state index contributed by atoms with van der Waals surface area (Å²) in [4.78, 5) is 24.6. The molecule has 5 heteroatoms. The standard InChI is InChI=1S/C17H23NO4/c1-13-6-8-14(9-7-13)4-2-3-5-16(19)18-10-11-22-15(12-18)17(20)21/h6-9,15H,2-5,10-12H2,1H3,(H,20,21). The fraction of sp³-hybridized carbons (Fsp3) is 0.529. The summed E-state index contributed by atoms with van der Waals surface area (Å²) < 4.78 is 5.12. The minimum absolute atomic E-state index is 0.0263. The van der Waals surface area contributed by atoms with E-state index in [0.717, 1.165) is 19.3 Å². The molecule has 120 valence electrons. The van der Waals surface area contributed by atoms with Crippen LogP contribution in [0, 0.1) is 6.92 Å². The van der Waals surface area contributed by atoms with Crippen LogP contribution in [0.5, 0.6) is 0 Å². The number of amides is 1. The Kier molecular flexibility index (Phi) is 5.95. The SMILES string of the molecule is Cc1ccc(CCCCC(=O)N2CCOC(C(=O)O)C2)cc1. The number of carbonyl (C=O) groups excluding carboxylic acids is 1. The molecule has 0 saturated carbocycles. The first-order valence-corrected chi connectivity index (χ1v) is 7.74. The number of morpholine rings is 1. The van der Waals surface area contributed by atoms with E-state index >= 15 is 0 Å². The Balaban J connectivity index is 1.69. The summed E-state index contributed by atoms with van der Waals surface area (Å²) in [7, 11) is 0. The molecule has 22 heavy (non-hydrogen) atoms. The van der Waals surface area contributed by atoms with Crippen LogP contribution in [0.2, 0.25) is 0 Å². The monoisotopic (exact) mass is 305 g/mol. The fourth-order valence-corrected chi connectivity index (χ4v) is 2.54. The first-order chi connectivity index (χ1) is 10.6. The molecule has 1 aliphatic heterocycles. The topological polar surface area (TPSA) is 66.8 Å². The van der Waals surface area contributed by atoms with E-state index in [4.69, 9.17) is 9.84 Å². The van der Waals surface area contributed by atoms with Crippen LogP contribution in [-0.2, 0) is 20.7 Å². The summed E-state index contributed by atoms with van der Waals surface area (Å²) in [6, 6.07) is 8.44. The number of hydrogen-bond donors (Lipinski definition) is 1. The van der Waals surface area contributed by atoms with E-state index in [2.05, 4.69) is 31.2 Å². The van der Waals surface area contributed by atoms with E-state index in [-0.39, 0.29) is 12.5 Å². The highest BCUT2D eigenvalue weighted by Gasteiger charge is 2.28. The number of nitrogens with zero attached hydrogens (tertiary/aromatic N) is 1. The number of rotatable bonds is 6. The second-order valence-corrected chi connectivity index (χ2v) is 5.73. The number of hydrogen-bond acceptors (Lipinski definition) is 3. The largest absolute Gasteiger partial charge is 0.479 e. The first-order valence-electron chi connectivity index (χ1n) is 7.74. The highest BCUT2D eigenvalue weighted by atomic mass is 16.5. The normalized spacial score (nSPS) is 18.2. The molecule has 1 N–H and O–H groups in total. The number of unbranched alkanes of at least 4 members (excludes halogenated alkanes) is 1. The molecule has 0 aromatic heterocycles. The lowest BCUT2D eigenvalue weighted by atomic mass is 10.1. The van der Waals surface area contributed by atoms with Gasteiger partial charge >= 0.3 is 5.97 Å². The van der Waals surface area contributed by atoms with E-state index in [1.165, 1.54) is 11.1 Å². The summed E-state index contributed by atoms with van der Waals surface area (Å²) in [6.07, 6.45) is 2.33. The molecule has 5 nitrogen and oxygen atoms in total. The summed E-state index contributed by atoms with van der Waals surface area (Å²) in [6.45, 7) is 3.01. The Morgan fingerprint density at radius 1 is 1.27 bits per heavy atom. The van der Waals surface area contributed by atoms with E-state index in [0.29, 0.717) is 19.6 Å². The van der Waals surface area contributed by atoms with Gasteiger partial charge in [0.25, 0.3) is 0 Å². The third kappa shape index (κ3) is 4.84. The van der Waals surface area contributed by atoms with Gasteiger partial charge in [0.05, 0.1) is 13.2 Å². The molecule has 1 aromatic rings. The molecular formula is C17H23NO4. The molecule has 1 saturated heterocycles. The van der Waals surface area contributed by atoms with Crippen molar-refractivity contribution in [2.45, 2.75) is 38.7 Å². The van der Waals surface area contributed by atoms with Gasteiger partial charge in [-0.05, 0) is 31.7 Å². The van der Waals surface area contributed by atoms with Crippen LogP contribution in [0.3, 0.4) is 0 Å². The lowest BCUT2D eigenvalue weighted by molar-refractivity contribution is -0.159. The van der Waals surface area contributed by atoms with Gasteiger partial charge in [0.1, 0.15) is 0 Å². The number of carbonyl (C=O) groups is 2. The van der Waals surface area contributed by atoms with E-state index in [1.54, 1.807) is 4.90 Å². The van der Waals surface area contributed by atoms with Crippen molar-refractivity contribution < 1.29 is 19.4 Å². The van der Waals surface area contributed by atoms with Crippen LogP contribution in [0.1, 0.15) is 30.4 Å². The second kappa shape index (κ2) is 7.94. The number of aryl methyl sites for hydroxylation is 2. The quantitative estimate of drug-likeness (QED) is 0.817. The molecule has 0 bridgehead atoms. The van der Waals surface area contributed by atoms with Gasteiger partial charge in [0, 0.05) is 13.0 Å². The summed E-state index contributed by atoms with van der Waals surface area (Å²) >= 11 is 0. The molecule has 0 spiro atoms. The van der Waals surface area contributed by atoms with Crippen molar-refractivity contribution in [1.82, 2.24) is 4.90 Å². The van der Waals surface area contributed by atoms with Crippen LogP contribution in [0.25, 0.3) is 0 Å². The van der Waals surface area contributed by atoms with Gasteiger partial charge in [0.2, 0.25) is 5.91 Å². The summed E-state index contributed by atoms with van der Waals surface area (Å²) in [5, 5.41) is 8.93. The maximum atomic E-state index is 12.1. The van der Waals surface area contributed by atoms with Gasteiger partial charge < -0.3 is 14.7 Å². The summed E-state index contributed by atoms with van der Waals surface area (Å²) in [5.74, 6) is -0.977. The molecule has 1 amide bonds. The Morgan fingerprint density at radius 3 is 2.68 bits per heavy atom. The van der Waals surface area contributed by atoms with Gasteiger partial charge in [-0.25, -0.2) is 4.79 Å². The lowest BCUT2D eigenvalue weighted by Gasteiger charge is -2.30. The average Bonchev–Trinajstić information content (AvgIpc) is 2.53. The zero-order valence-corrected chi connectivity index (χ0v) is 13.0. The molecule has 1 heterocycles. The highest BCUT2D eigenvalue weighted by molar-refractivity contribution is 5.78. The molecule has 1 aliphatic rings. The van der Waals surface area contributed by atoms with Gasteiger partial charge in [-0.15, -0.1) is 0 Å². The van der Waals surface area contributed by atoms with Crippen LogP contribution >= 0.6 is 0 Å². The predicted octanol–water partition coefficient (Wildman–Crippen LogP) is 2.02. The smallest absolute Gasteiger partial charge is 0.334 e. The number of aliphatic carboxylic acids is 1. The Labute approximate surface area is 130 Å². The number of benzene rings is 1. The van der Waals surface area contributed by atoms with Crippen molar-refractivity contribution in [3.05, 3.63) is 35.4 Å². The van der Waals surface area contributed by atoms with Crippen LogP contribution in [0.4, 0.5) is 0 Å². The van der Waals surface area contributed by atoms with E-state index in [1.807, 2.05) is 0 Å². The van der Waals surface area contributed by atoms with Crippen LogP contribution in [-0.4, -0.2) is 47.7 Å². The molecule has 0 radical (unpaired) electrons. The molecule has 2 rings (SSSR count). The van der Waals surface area contributed by atoms with Crippen molar-refractivity contribution >= 4 is 11.9 Å². The second-order valence-electron chi connectivity index (χ2n) is 5.73. The molecule has 1 aromatic carbocycles. The van der Waals surface area contributed by atoms with Gasteiger partial charge in [-0.2, -0.15) is 0 Å². The van der Waals surface area contributed by atoms with Crippen molar-refractivity contribution in [1.29, 1.82) is 0 Å². The first kappa shape index (κ1) is 16.5. The highest BCUT2D eigenvalue weighted by Crippen LogP contribution is 2.11. The average molecular weight is 305 g/mol. The molecule has 0 aliphatic carbocycles. The zero-order valence-electron chi connectivity index (χ0n) is 13.0. The Hall–Kier alpha value is -1.88. The predicted molar refractivity (Wildman–Crippen MR) is 82.7 cm³/mol. The van der Waals surface area contributed by atoms with E-state index < -0.39 is 12.1 Å². The Morgan fingerprint density at radius 2 is 2.00 bits per heavy atom. The minimum Gasteiger partial charge on any atom is -0.479 e. The minimum atomic E-state index is -1.00. The lowest BCUT2D eigenvalue weighted by Crippen LogP contribution is -2.48. The van der Waals surface area contributed by atoms with Crippen molar-refractivity contribution in [3.8, 4) is 0 Å². The van der Waals surface area contributed by atoms with Gasteiger partial charge in [-0.1, -0.05) is 29.8 Å². The number of carboxylic acid groups (broad SMARTS) is 1. The van der Waals surface area contributed by atoms with Crippen molar-refractivity contribution in [3.63, 3.8) is 0 Å². The maximum absolute atomic E-state index is 12.1. The molecular weight excluding hydrogens is 282 g/mol. The summed E-state index contributed by atoms with van der Waals surface area (Å²) in [5.41, 5.74) is 2.54. The molecule has 1 unspecified atom stereocenters.